The van der Waals surface area contributed by atoms with Crippen LogP contribution < -0.4 is 9.64 Å². The molecule has 166 valence electrons. The average molecular weight is 442 g/mol. The van der Waals surface area contributed by atoms with Crippen molar-refractivity contribution in [2.45, 2.75) is 19.0 Å². The van der Waals surface area contributed by atoms with Crippen LogP contribution in [0.25, 0.3) is 10.8 Å². The highest BCUT2D eigenvalue weighted by atomic mass is 16.5. The molecule has 7 heteroatoms. The summed E-state index contributed by atoms with van der Waals surface area (Å²) in [6.45, 7) is 2.17. The van der Waals surface area contributed by atoms with Gasteiger partial charge in [0, 0.05) is 11.5 Å². The van der Waals surface area contributed by atoms with Crippen LogP contribution in [0.15, 0.2) is 66.7 Å². The lowest BCUT2D eigenvalue weighted by Gasteiger charge is -2.34. The van der Waals surface area contributed by atoms with Crippen molar-refractivity contribution >= 4 is 34.4 Å². The highest BCUT2D eigenvalue weighted by Crippen LogP contribution is 2.55. The average Bonchev–Trinajstić information content (AvgIpc) is 3.32. The van der Waals surface area contributed by atoms with Crippen molar-refractivity contribution in [3.8, 4) is 5.75 Å². The molecule has 3 aliphatic rings. The number of ether oxygens (including phenoxy) is 2. The SMILES string of the molecule is CCOC(=O)[C@H]1[C@@H]2COc3ccc4ccccc4c3[C@@H]2N2C(=O)N(c3ccccc3)C(=O)[C@@H]12. The Hall–Kier alpha value is -3.87. The van der Waals surface area contributed by atoms with Crippen LogP contribution in [0.3, 0.4) is 0 Å². The number of esters is 1. The van der Waals surface area contributed by atoms with Crippen LogP contribution in [0, 0.1) is 11.8 Å². The number of amides is 3. The lowest BCUT2D eigenvalue weighted by molar-refractivity contribution is -0.152. The Morgan fingerprint density at radius 3 is 2.55 bits per heavy atom. The molecule has 0 N–H and O–H groups in total. The van der Waals surface area contributed by atoms with Gasteiger partial charge in [-0.3, -0.25) is 9.59 Å². The molecule has 0 radical (unpaired) electrons. The number of benzene rings is 3. The molecule has 3 aromatic rings. The van der Waals surface area contributed by atoms with Crippen LogP contribution in [0.4, 0.5) is 10.5 Å². The minimum atomic E-state index is -0.930. The van der Waals surface area contributed by atoms with Gasteiger partial charge in [0.25, 0.3) is 5.91 Å². The molecule has 3 aromatic carbocycles. The van der Waals surface area contributed by atoms with Crippen molar-refractivity contribution in [1.29, 1.82) is 0 Å². The summed E-state index contributed by atoms with van der Waals surface area (Å²) in [5, 5.41) is 1.96. The van der Waals surface area contributed by atoms with Crippen LogP contribution >= 0.6 is 0 Å². The van der Waals surface area contributed by atoms with Crippen molar-refractivity contribution in [1.82, 2.24) is 4.90 Å². The maximum Gasteiger partial charge on any atom is 0.332 e. The standard InChI is InChI=1S/C26H22N2O5/c1-2-32-25(30)21-18-14-33-19-13-12-15-8-6-7-11-17(15)20(19)22(18)28-23(21)24(29)27(26(28)31)16-9-4-3-5-10-16/h3-13,18,21-23H,2,14H2,1H3/t18-,21-,22+,23+/m0/s1. The number of urea groups is 1. The molecule has 3 amide bonds. The third-order valence-electron chi connectivity index (χ3n) is 6.92. The first-order chi connectivity index (χ1) is 16.1. The van der Waals surface area contributed by atoms with Gasteiger partial charge in [-0.05, 0) is 35.9 Å². The zero-order valence-electron chi connectivity index (χ0n) is 18.0. The van der Waals surface area contributed by atoms with E-state index in [1.807, 2.05) is 42.5 Å². The first kappa shape index (κ1) is 19.8. The topological polar surface area (TPSA) is 76.2 Å². The smallest absolute Gasteiger partial charge is 0.332 e. The second-order valence-corrected chi connectivity index (χ2v) is 8.54. The molecule has 0 aliphatic carbocycles. The molecule has 7 nitrogen and oxygen atoms in total. The number of rotatable bonds is 3. The van der Waals surface area contributed by atoms with Crippen molar-refractivity contribution < 1.29 is 23.9 Å². The number of imide groups is 1. The summed E-state index contributed by atoms with van der Waals surface area (Å²) in [6, 6.07) is 18.8. The Kier molecular flexibility index (Phi) is 4.40. The Morgan fingerprint density at radius 2 is 1.76 bits per heavy atom. The fourth-order valence-corrected chi connectivity index (χ4v) is 5.63. The third kappa shape index (κ3) is 2.71. The largest absolute Gasteiger partial charge is 0.493 e. The molecular formula is C26H22N2O5. The highest BCUT2D eigenvalue weighted by molar-refractivity contribution is 6.23. The van der Waals surface area contributed by atoms with Crippen LogP contribution in [0.1, 0.15) is 18.5 Å². The van der Waals surface area contributed by atoms with Crippen LogP contribution in [-0.4, -0.2) is 42.1 Å². The summed E-state index contributed by atoms with van der Waals surface area (Å²) < 4.78 is 11.5. The summed E-state index contributed by atoms with van der Waals surface area (Å²) in [6.07, 6.45) is 0. The van der Waals surface area contributed by atoms with E-state index in [9.17, 15) is 14.4 Å². The zero-order chi connectivity index (χ0) is 22.7. The number of anilines is 1. The quantitative estimate of drug-likeness (QED) is 0.454. The molecule has 3 heterocycles. The summed E-state index contributed by atoms with van der Waals surface area (Å²) >= 11 is 0. The lowest BCUT2D eigenvalue weighted by Crippen LogP contribution is -2.42. The molecule has 0 spiro atoms. The molecule has 2 saturated heterocycles. The molecule has 2 fully saturated rings. The molecule has 33 heavy (non-hydrogen) atoms. The second kappa shape index (κ2) is 7.33. The van der Waals surface area contributed by atoms with Gasteiger partial charge in [0.15, 0.2) is 0 Å². The minimum Gasteiger partial charge on any atom is -0.493 e. The third-order valence-corrected chi connectivity index (χ3v) is 6.92. The number of nitrogens with zero attached hydrogens (tertiary/aromatic N) is 2. The number of hydrogen-bond donors (Lipinski definition) is 0. The van der Waals surface area contributed by atoms with Gasteiger partial charge in [0.1, 0.15) is 11.8 Å². The first-order valence-corrected chi connectivity index (χ1v) is 11.1. The molecule has 0 unspecified atom stereocenters. The molecule has 3 aliphatic heterocycles. The fourth-order valence-electron chi connectivity index (χ4n) is 5.63. The predicted octanol–water partition coefficient (Wildman–Crippen LogP) is 3.92. The first-order valence-electron chi connectivity index (χ1n) is 11.1. The Bertz CT molecular complexity index is 1290. The lowest BCUT2D eigenvalue weighted by atomic mass is 9.81. The summed E-state index contributed by atoms with van der Waals surface area (Å²) in [5.41, 5.74) is 1.34. The summed E-state index contributed by atoms with van der Waals surface area (Å²) in [4.78, 5) is 43.3. The van der Waals surface area contributed by atoms with E-state index < -0.39 is 35.9 Å². The molecule has 4 atom stereocenters. The molecular weight excluding hydrogens is 420 g/mol. The summed E-state index contributed by atoms with van der Waals surface area (Å²) in [7, 11) is 0. The van der Waals surface area contributed by atoms with Crippen molar-refractivity contribution in [3.63, 3.8) is 0 Å². The van der Waals surface area contributed by atoms with Gasteiger partial charge in [-0.1, -0.05) is 48.5 Å². The van der Waals surface area contributed by atoms with Gasteiger partial charge >= 0.3 is 12.0 Å². The van der Waals surface area contributed by atoms with E-state index in [2.05, 4.69) is 0 Å². The van der Waals surface area contributed by atoms with E-state index in [4.69, 9.17) is 9.47 Å². The van der Waals surface area contributed by atoms with Gasteiger partial charge in [-0.2, -0.15) is 0 Å². The van der Waals surface area contributed by atoms with Crippen LogP contribution in [-0.2, 0) is 14.3 Å². The Labute approximate surface area is 190 Å². The Morgan fingerprint density at radius 1 is 1.00 bits per heavy atom. The number of fused-ring (bicyclic) bond motifs is 7. The maximum absolute atomic E-state index is 13.8. The van der Waals surface area contributed by atoms with Gasteiger partial charge < -0.3 is 14.4 Å². The number of hydrogen-bond acceptors (Lipinski definition) is 5. The monoisotopic (exact) mass is 442 g/mol. The van der Waals surface area contributed by atoms with E-state index in [-0.39, 0.29) is 19.1 Å². The van der Waals surface area contributed by atoms with E-state index in [1.165, 1.54) is 4.90 Å². The van der Waals surface area contributed by atoms with Crippen LogP contribution in [0.2, 0.25) is 0 Å². The predicted molar refractivity (Wildman–Crippen MR) is 121 cm³/mol. The van der Waals surface area contributed by atoms with Gasteiger partial charge in [-0.25, -0.2) is 9.69 Å². The molecule has 0 saturated carbocycles. The Balaban J connectivity index is 1.55. The fraction of sp³-hybridized carbons (Fsp3) is 0.269. The van der Waals surface area contributed by atoms with Crippen molar-refractivity contribution in [2.75, 3.05) is 18.1 Å². The number of para-hydroxylation sites is 1. The second-order valence-electron chi connectivity index (χ2n) is 8.54. The van der Waals surface area contributed by atoms with Crippen molar-refractivity contribution in [3.05, 3.63) is 72.3 Å². The molecule has 6 rings (SSSR count). The maximum atomic E-state index is 13.8. The number of carbonyl (C=O) groups excluding carboxylic acids is 3. The van der Waals surface area contributed by atoms with E-state index in [0.717, 1.165) is 16.3 Å². The number of carbonyl (C=O) groups is 3. The normalized spacial score (nSPS) is 25.5. The zero-order valence-corrected chi connectivity index (χ0v) is 18.0. The minimum absolute atomic E-state index is 0.199. The van der Waals surface area contributed by atoms with E-state index >= 15 is 0 Å². The molecule has 0 aromatic heterocycles. The van der Waals surface area contributed by atoms with Gasteiger partial charge in [0.05, 0.1) is 30.9 Å². The van der Waals surface area contributed by atoms with Gasteiger partial charge in [-0.15, -0.1) is 0 Å². The van der Waals surface area contributed by atoms with Gasteiger partial charge in [0.2, 0.25) is 0 Å². The van der Waals surface area contributed by atoms with E-state index in [1.54, 1.807) is 36.1 Å². The van der Waals surface area contributed by atoms with E-state index in [0.29, 0.717) is 11.4 Å². The summed E-state index contributed by atoms with van der Waals surface area (Å²) in [5.74, 6) is -1.37. The van der Waals surface area contributed by atoms with Crippen molar-refractivity contribution in [2.24, 2.45) is 11.8 Å². The van der Waals surface area contributed by atoms with Crippen LogP contribution in [0.5, 0.6) is 5.75 Å². The molecule has 0 bridgehead atoms. The highest BCUT2D eigenvalue weighted by Gasteiger charge is 2.65.